The lowest BCUT2D eigenvalue weighted by Crippen LogP contribution is -2.23. The minimum absolute atomic E-state index is 0.127. The third-order valence-corrected chi connectivity index (χ3v) is 4.63. The molecule has 0 bridgehead atoms. The van der Waals surface area contributed by atoms with Crippen LogP contribution in [-0.2, 0) is 16.1 Å². The van der Waals surface area contributed by atoms with Crippen molar-refractivity contribution >= 4 is 23.2 Å². The molecule has 2 heterocycles. The molecule has 0 atom stereocenters. The predicted octanol–water partition coefficient (Wildman–Crippen LogP) is 2.63. The number of rotatable bonds is 6. The molecule has 2 aromatic carbocycles. The second-order valence-corrected chi connectivity index (χ2v) is 6.71. The standard InChI is InChI=1S/C20H19FN6O2/c21-15-5-3-14(4-6-15)20-23-25-27(24-20)13-11-18(28)22-16-7-9-17(10-8-16)26-12-1-2-19(26)29/h3-10H,1-2,11-13H2,(H,22,28). The molecular formula is C20H19FN6O2. The van der Waals surface area contributed by atoms with Crippen LogP contribution in [0.1, 0.15) is 19.3 Å². The Bertz CT molecular complexity index is 1020. The fraction of sp³-hybridized carbons (Fsp3) is 0.250. The Kier molecular flexibility index (Phi) is 5.28. The van der Waals surface area contributed by atoms with Crippen molar-refractivity contribution in [3.63, 3.8) is 0 Å². The van der Waals surface area contributed by atoms with Gasteiger partial charge in [0.2, 0.25) is 17.6 Å². The summed E-state index contributed by atoms with van der Waals surface area (Å²) >= 11 is 0. The smallest absolute Gasteiger partial charge is 0.227 e. The summed E-state index contributed by atoms with van der Waals surface area (Å²) in [5.74, 6) is -0.0203. The first-order valence-electron chi connectivity index (χ1n) is 9.32. The fourth-order valence-corrected chi connectivity index (χ4v) is 3.12. The van der Waals surface area contributed by atoms with Crippen LogP contribution in [0.3, 0.4) is 0 Å². The molecule has 8 nitrogen and oxygen atoms in total. The number of hydrogen-bond donors (Lipinski definition) is 1. The number of halogens is 1. The van der Waals surface area contributed by atoms with Crippen LogP contribution >= 0.6 is 0 Å². The summed E-state index contributed by atoms with van der Waals surface area (Å²) in [5.41, 5.74) is 2.15. The van der Waals surface area contributed by atoms with Crippen molar-refractivity contribution in [2.24, 2.45) is 0 Å². The molecule has 1 N–H and O–H groups in total. The van der Waals surface area contributed by atoms with Crippen LogP contribution in [0.2, 0.25) is 0 Å². The van der Waals surface area contributed by atoms with Gasteiger partial charge in [0, 0.05) is 36.3 Å². The molecule has 9 heteroatoms. The van der Waals surface area contributed by atoms with E-state index in [2.05, 4.69) is 20.7 Å². The summed E-state index contributed by atoms with van der Waals surface area (Å²) < 4.78 is 13.0. The van der Waals surface area contributed by atoms with Crippen LogP contribution in [0.15, 0.2) is 48.5 Å². The molecule has 0 saturated carbocycles. The van der Waals surface area contributed by atoms with Crippen LogP contribution in [-0.4, -0.2) is 38.6 Å². The van der Waals surface area contributed by atoms with Crippen molar-refractivity contribution in [1.82, 2.24) is 20.2 Å². The maximum Gasteiger partial charge on any atom is 0.227 e. The first-order valence-corrected chi connectivity index (χ1v) is 9.32. The molecule has 3 aromatic rings. The van der Waals surface area contributed by atoms with E-state index in [0.29, 0.717) is 23.5 Å². The van der Waals surface area contributed by atoms with Crippen molar-refractivity contribution in [3.8, 4) is 11.4 Å². The summed E-state index contributed by atoms with van der Waals surface area (Å²) in [6.45, 7) is 0.996. The molecule has 0 aliphatic carbocycles. The number of carbonyl (C=O) groups excluding carboxylic acids is 2. The minimum Gasteiger partial charge on any atom is -0.326 e. The molecule has 148 valence electrons. The van der Waals surface area contributed by atoms with Crippen molar-refractivity contribution < 1.29 is 14.0 Å². The lowest BCUT2D eigenvalue weighted by Gasteiger charge is -2.16. The molecule has 0 radical (unpaired) electrons. The highest BCUT2D eigenvalue weighted by molar-refractivity contribution is 5.96. The Morgan fingerprint density at radius 2 is 1.86 bits per heavy atom. The third-order valence-electron chi connectivity index (χ3n) is 4.63. The first kappa shape index (κ1) is 18.7. The Labute approximate surface area is 166 Å². The van der Waals surface area contributed by atoms with Gasteiger partial charge in [0.15, 0.2) is 0 Å². The molecule has 1 saturated heterocycles. The highest BCUT2D eigenvalue weighted by Crippen LogP contribution is 2.23. The Morgan fingerprint density at radius 1 is 1.10 bits per heavy atom. The number of amides is 2. The molecule has 1 aliphatic heterocycles. The van der Waals surface area contributed by atoms with Gasteiger partial charge in [-0.2, -0.15) is 4.80 Å². The van der Waals surface area contributed by atoms with E-state index in [1.807, 2.05) is 12.1 Å². The molecule has 2 amide bonds. The number of carbonyl (C=O) groups is 2. The van der Waals surface area contributed by atoms with Gasteiger partial charge in [-0.1, -0.05) is 0 Å². The number of hydrogen-bond acceptors (Lipinski definition) is 5. The van der Waals surface area contributed by atoms with E-state index in [1.54, 1.807) is 29.2 Å². The lowest BCUT2D eigenvalue weighted by atomic mass is 10.2. The van der Waals surface area contributed by atoms with Crippen molar-refractivity contribution in [2.75, 3.05) is 16.8 Å². The molecular weight excluding hydrogens is 375 g/mol. The second-order valence-electron chi connectivity index (χ2n) is 6.71. The monoisotopic (exact) mass is 394 g/mol. The SMILES string of the molecule is O=C(CCn1nnc(-c2ccc(F)cc2)n1)Nc1ccc(N2CCCC2=O)cc1. The minimum atomic E-state index is -0.335. The zero-order chi connectivity index (χ0) is 20.2. The van der Waals surface area contributed by atoms with E-state index in [9.17, 15) is 14.0 Å². The van der Waals surface area contributed by atoms with Gasteiger partial charge in [-0.3, -0.25) is 9.59 Å². The van der Waals surface area contributed by atoms with E-state index in [0.717, 1.165) is 18.7 Å². The Hall–Kier alpha value is -3.62. The molecule has 29 heavy (non-hydrogen) atoms. The van der Waals surface area contributed by atoms with Gasteiger partial charge in [0.05, 0.1) is 6.54 Å². The van der Waals surface area contributed by atoms with Crippen molar-refractivity contribution in [1.29, 1.82) is 0 Å². The maximum atomic E-state index is 13.0. The van der Waals surface area contributed by atoms with Crippen molar-refractivity contribution in [2.45, 2.75) is 25.8 Å². The van der Waals surface area contributed by atoms with E-state index >= 15 is 0 Å². The molecule has 4 rings (SSSR count). The highest BCUT2D eigenvalue weighted by Gasteiger charge is 2.21. The number of nitrogens with zero attached hydrogens (tertiary/aromatic N) is 5. The van der Waals surface area contributed by atoms with Crippen LogP contribution in [0.4, 0.5) is 15.8 Å². The quantitative estimate of drug-likeness (QED) is 0.694. The van der Waals surface area contributed by atoms with E-state index in [1.165, 1.54) is 16.9 Å². The van der Waals surface area contributed by atoms with E-state index in [-0.39, 0.29) is 30.6 Å². The van der Waals surface area contributed by atoms with Gasteiger partial charge in [-0.15, -0.1) is 10.2 Å². The Morgan fingerprint density at radius 3 is 2.55 bits per heavy atom. The number of nitrogens with one attached hydrogen (secondary N) is 1. The van der Waals surface area contributed by atoms with Gasteiger partial charge < -0.3 is 10.2 Å². The number of anilines is 2. The average Bonchev–Trinajstić information content (AvgIpc) is 3.37. The summed E-state index contributed by atoms with van der Waals surface area (Å²) in [6.07, 6.45) is 1.62. The molecule has 0 spiro atoms. The fourth-order valence-electron chi connectivity index (χ4n) is 3.12. The van der Waals surface area contributed by atoms with E-state index in [4.69, 9.17) is 0 Å². The van der Waals surface area contributed by atoms with Gasteiger partial charge in [-0.25, -0.2) is 4.39 Å². The molecule has 1 aliphatic rings. The second kappa shape index (κ2) is 8.17. The number of tetrazole rings is 1. The van der Waals surface area contributed by atoms with Crippen LogP contribution in [0.5, 0.6) is 0 Å². The van der Waals surface area contributed by atoms with Gasteiger partial charge >= 0.3 is 0 Å². The van der Waals surface area contributed by atoms with Gasteiger partial charge in [0.1, 0.15) is 5.82 Å². The maximum absolute atomic E-state index is 13.0. The topological polar surface area (TPSA) is 93.0 Å². The average molecular weight is 394 g/mol. The highest BCUT2D eigenvalue weighted by atomic mass is 19.1. The van der Waals surface area contributed by atoms with Gasteiger partial charge in [0.25, 0.3) is 0 Å². The number of benzene rings is 2. The molecule has 1 aromatic heterocycles. The zero-order valence-electron chi connectivity index (χ0n) is 15.6. The van der Waals surface area contributed by atoms with Gasteiger partial charge in [-0.05, 0) is 60.2 Å². The van der Waals surface area contributed by atoms with Crippen LogP contribution in [0, 0.1) is 5.82 Å². The predicted molar refractivity (Wildman–Crippen MR) is 104 cm³/mol. The third kappa shape index (κ3) is 4.45. The summed E-state index contributed by atoms with van der Waals surface area (Å²) in [7, 11) is 0. The summed E-state index contributed by atoms with van der Waals surface area (Å²) in [6, 6.07) is 13.0. The van der Waals surface area contributed by atoms with E-state index < -0.39 is 0 Å². The summed E-state index contributed by atoms with van der Waals surface area (Å²) in [4.78, 5) is 27.1. The largest absolute Gasteiger partial charge is 0.326 e. The zero-order valence-corrected chi connectivity index (χ0v) is 15.6. The molecule has 0 unspecified atom stereocenters. The first-order chi connectivity index (χ1) is 14.1. The summed E-state index contributed by atoms with van der Waals surface area (Å²) in [5, 5.41) is 14.9. The number of aromatic nitrogens is 4. The number of aryl methyl sites for hydroxylation is 1. The normalized spacial score (nSPS) is 13.7. The van der Waals surface area contributed by atoms with Crippen molar-refractivity contribution in [3.05, 3.63) is 54.3 Å². The van der Waals surface area contributed by atoms with Crippen LogP contribution in [0.25, 0.3) is 11.4 Å². The Balaban J connectivity index is 1.30. The molecule has 1 fully saturated rings. The van der Waals surface area contributed by atoms with Crippen LogP contribution < -0.4 is 10.2 Å². The lowest BCUT2D eigenvalue weighted by molar-refractivity contribution is -0.117.